The van der Waals surface area contributed by atoms with Crippen LogP contribution in [0.25, 0.3) is 0 Å². The topological polar surface area (TPSA) is 46.2 Å². The second-order valence-electron chi connectivity index (χ2n) is 9.73. The van der Waals surface area contributed by atoms with Crippen LogP contribution in [0.1, 0.15) is 28.7 Å². The highest BCUT2D eigenvalue weighted by Gasteiger charge is 2.41. The van der Waals surface area contributed by atoms with Crippen molar-refractivity contribution < 1.29 is 23.7 Å². The van der Waals surface area contributed by atoms with Crippen molar-refractivity contribution in [2.24, 2.45) is 0 Å². The van der Waals surface area contributed by atoms with Crippen molar-refractivity contribution in [1.82, 2.24) is 0 Å². The lowest BCUT2D eigenvalue weighted by Gasteiger charge is -2.41. The zero-order chi connectivity index (χ0) is 26.5. The molecule has 4 aromatic carbocycles. The molecule has 0 radical (unpaired) electrons. The van der Waals surface area contributed by atoms with E-state index in [2.05, 4.69) is 48.5 Å². The van der Waals surface area contributed by atoms with Gasteiger partial charge in [0.1, 0.15) is 12.2 Å². The van der Waals surface area contributed by atoms with E-state index >= 15 is 0 Å². The fraction of sp³-hybridized carbons (Fsp3) is 0.294. The number of benzene rings is 4. The van der Waals surface area contributed by atoms with Crippen molar-refractivity contribution >= 4 is 0 Å². The molecule has 0 spiro atoms. The lowest BCUT2D eigenvalue weighted by Crippen LogP contribution is -2.53. The zero-order valence-corrected chi connectivity index (χ0v) is 22.1. The molecule has 1 fully saturated rings. The van der Waals surface area contributed by atoms with E-state index in [1.807, 2.05) is 72.8 Å². The summed E-state index contributed by atoms with van der Waals surface area (Å²) in [5, 5.41) is 0. The summed E-state index contributed by atoms with van der Waals surface area (Å²) in [7, 11) is 0. The maximum Gasteiger partial charge on any atom is 0.161 e. The molecule has 0 N–H and O–H groups in total. The molecule has 1 unspecified atom stereocenters. The van der Waals surface area contributed by atoms with Gasteiger partial charge in [0.2, 0.25) is 0 Å². The van der Waals surface area contributed by atoms with E-state index in [0.717, 1.165) is 22.3 Å². The molecule has 5 heteroatoms. The molecule has 0 bridgehead atoms. The van der Waals surface area contributed by atoms with Crippen molar-refractivity contribution in [2.45, 2.75) is 57.5 Å². The Labute approximate surface area is 231 Å². The second kappa shape index (κ2) is 14.7. The number of rotatable bonds is 13. The van der Waals surface area contributed by atoms with Gasteiger partial charge in [-0.3, -0.25) is 0 Å². The van der Waals surface area contributed by atoms with Crippen molar-refractivity contribution in [2.75, 3.05) is 6.61 Å². The molecule has 0 saturated carbocycles. The van der Waals surface area contributed by atoms with Crippen LogP contribution < -0.4 is 0 Å². The van der Waals surface area contributed by atoms with Gasteiger partial charge in [0, 0.05) is 6.42 Å². The third-order valence-corrected chi connectivity index (χ3v) is 6.75. The summed E-state index contributed by atoms with van der Waals surface area (Å²) in [5.41, 5.74) is 4.43. The molecule has 0 amide bonds. The van der Waals surface area contributed by atoms with Gasteiger partial charge in [0.25, 0.3) is 0 Å². The quantitative estimate of drug-likeness (QED) is 0.195. The molecule has 1 heterocycles. The van der Waals surface area contributed by atoms with E-state index in [9.17, 15) is 0 Å². The Morgan fingerprint density at radius 2 is 0.949 bits per heavy atom. The van der Waals surface area contributed by atoms with Crippen molar-refractivity contribution in [1.29, 1.82) is 0 Å². The van der Waals surface area contributed by atoms with Crippen LogP contribution in [0.5, 0.6) is 0 Å². The standard InChI is InChI=1S/C34H36O5/c1-5-13-27(14-6-1)22-35-26-32-34(38-25-30-19-11-4-12-20-30)31(36-23-28-15-7-2-8-16-28)21-33(39-32)37-24-29-17-9-3-10-18-29/h1-20,31-34H,21-26H2/t31-,32-,33?,34-/m1/s1. The smallest absolute Gasteiger partial charge is 0.161 e. The van der Waals surface area contributed by atoms with Crippen LogP contribution in [-0.4, -0.2) is 31.2 Å². The van der Waals surface area contributed by atoms with Gasteiger partial charge in [0.15, 0.2) is 6.29 Å². The molecule has 0 aliphatic carbocycles. The Kier molecular flexibility index (Phi) is 10.3. The molecule has 39 heavy (non-hydrogen) atoms. The van der Waals surface area contributed by atoms with Crippen LogP contribution in [0.4, 0.5) is 0 Å². The molecule has 4 atom stereocenters. The summed E-state index contributed by atoms with van der Waals surface area (Å²) in [4.78, 5) is 0. The monoisotopic (exact) mass is 524 g/mol. The van der Waals surface area contributed by atoms with Crippen molar-refractivity contribution in [3.05, 3.63) is 144 Å². The number of hydrogen-bond donors (Lipinski definition) is 0. The van der Waals surface area contributed by atoms with Gasteiger partial charge in [0.05, 0.1) is 39.1 Å². The first-order valence-electron chi connectivity index (χ1n) is 13.6. The third kappa shape index (κ3) is 8.59. The first-order valence-corrected chi connectivity index (χ1v) is 13.6. The van der Waals surface area contributed by atoms with Crippen molar-refractivity contribution in [3.63, 3.8) is 0 Å². The average Bonchev–Trinajstić information content (AvgIpc) is 3.00. The van der Waals surface area contributed by atoms with Gasteiger partial charge in [-0.15, -0.1) is 0 Å². The highest BCUT2D eigenvalue weighted by atomic mass is 16.7. The fourth-order valence-corrected chi connectivity index (χ4v) is 4.68. The third-order valence-electron chi connectivity index (χ3n) is 6.75. The van der Waals surface area contributed by atoms with E-state index < -0.39 is 6.29 Å². The summed E-state index contributed by atoms with van der Waals surface area (Å²) < 4.78 is 31.9. The molecule has 4 aromatic rings. The van der Waals surface area contributed by atoms with Gasteiger partial charge >= 0.3 is 0 Å². The zero-order valence-electron chi connectivity index (χ0n) is 22.1. The van der Waals surface area contributed by atoms with Crippen LogP contribution >= 0.6 is 0 Å². The molecule has 5 nitrogen and oxygen atoms in total. The Morgan fingerprint density at radius 1 is 0.513 bits per heavy atom. The largest absolute Gasteiger partial charge is 0.374 e. The first-order chi connectivity index (χ1) is 19.3. The Hall–Kier alpha value is -3.32. The molecule has 202 valence electrons. The van der Waals surface area contributed by atoms with Gasteiger partial charge < -0.3 is 23.7 Å². The molecular formula is C34H36O5. The summed E-state index contributed by atoms with van der Waals surface area (Å²) in [6.45, 7) is 2.27. The summed E-state index contributed by atoms with van der Waals surface area (Å²) in [6, 6.07) is 40.7. The lowest BCUT2D eigenvalue weighted by atomic mass is 10.0. The van der Waals surface area contributed by atoms with E-state index in [1.54, 1.807) is 0 Å². The molecule has 1 aliphatic rings. The molecule has 0 aromatic heterocycles. The highest BCUT2D eigenvalue weighted by molar-refractivity contribution is 5.16. The van der Waals surface area contributed by atoms with Crippen LogP contribution in [0, 0.1) is 0 Å². The number of hydrogen-bond acceptors (Lipinski definition) is 5. The van der Waals surface area contributed by atoms with E-state index in [1.165, 1.54) is 0 Å². The minimum absolute atomic E-state index is 0.228. The summed E-state index contributed by atoms with van der Waals surface area (Å²) >= 11 is 0. The van der Waals surface area contributed by atoms with Crippen LogP contribution in [0.2, 0.25) is 0 Å². The maximum atomic E-state index is 6.51. The van der Waals surface area contributed by atoms with E-state index in [-0.39, 0.29) is 18.3 Å². The Bertz CT molecular complexity index is 1200. The fourth-order valence-electron chi connectivity index (χ4n) is 4.68. The minimum Gasteiger partial charge on any atom is -0.374 e. The van der Waals surface area contributed by atoms with Gasteiger partial charge in [-0.1, -0.05) is 121 Å². The second-order valence-corrected chi connectivity index (χ2v) is 9.73. The summed E-state index contributed by atoms with van der Waals surface area (Å²) in [5.74, 6) is 0. The molecule has 1 aliphatic heterocycles. The molecule has 1 saturated heterocycles. The lowest BCUT2D eigenvalue weighted by molar-refractivity contribution is -0.281. The van der Waals surface area contributed by atoms with Crippen LogP contribution in [0.15, 0.2) is 121 Å². The average molecular weight is 525 g/mol. The predicted octanol–water partition coefficient (Wildman–Crippen LogP) is 6.71. The highest BCUT2D eigenvalue weighted by Crippen LogP contribution is 2.29. The molecule has 5 rings (SSSR count). The van der Waals surface area contributed by atoms with Crippen LogP contribution in [-0.2, 0) is 50.1 Å². The van der Waals surface area contributed by atoms with Gasteiger partial charge in [-0.25, -0.2) is 0 Å². The van der Waals surface area contributed by atoms with E-state index in [4.69, 9.17) is 23.7 Å². The van der Waals surface area contributed by atoms with Crippen molar-refractivity contribution in [3.8, 4) is 0 Å². The first kappa shape index (κ1) is 27.3. The van der Waals surface area contributed by atoms with E-state index in [0.29, 0.717) is 39.5 Å². The Balaban J connectivity index is 1.30. The SMILES string of the molecule is c1ccc(COC[C@H]2OC(OCc3ccccc3)C[C@@H](OCc3ccccc3)[C@H]2OCc2ccccc2)cc1. The normalized spacial score (nSPS) is 21.0. The predicted molar refractivity (Wildman–Crippen MR) is 151 cm³/mol. The van der Waals surface area contributed by atoms with Gasteiger partial charge in [-0.05, 0) is 22.3 Å². The molecular weight excluding hydrogens is 488 g/mol. The minimum atomic E-state index is -0.437. The van der Waals surface area contributed by atoms with Gasteiger partial charge in [-0.2, -0.15) is 0 Å². The van der Waals surface area contributed by atoms with Crippen LogP contribution in [0.3, 0.4) is 0 Å². The number of ether oxygens (including phenoxy) is 5. The Morgan fingerprint density at radius 3 is 1.46 bits per heavy atom. The summed E-state index contributed by atoms with van der Waals surface area (Å²) in [6.07, 6.45) is -0.774. The maximum absolute atomic E-state index is 6.51.